The molecule has 1 fully saturated rings. The zero-order valence-electron chi connectivity index (χ0n) is 16.6. The number of rotatable bonds is 5. The van der Waals surface area contributed by atoms with Crippen molar-refractivity contribution in [3.63, 3.8) is 0 Å². The molecule has 10 heteroatoms. The summed E-state index contributed by atoms with van der Waals surface area (Å²) in [6.45, 7) is 1.54. The number of sulfonamides is 1. The van der Waals surface area contributed by atoms with E-state index in [-0.39, 0.29) is 30.7 Å². The van der Waals surface area contributed by atoms with Gasteiger partial charge >= 0.3 is 0 Å². The molecule has 0 saturated carbocycles. The molecule has 1 N–H and O–H groups in total. The molecule has 2 aromatic rings. The Labute approximate surface area is 191 Å². The molecule has 166 valence electrons. The van der Waals surface area contributed by atoms with E-state index in [4.69, 9.17) is 32.7 Å². The van der Waals surface area contributed by atoms with Gasteiger partial charge in [0, 0.05) is 40.8 Å². The number of carbonyl (C=O) groups excluding carboxylic acids is 1. The highest BCUT2D eigenvalue weighted by Gasteiger charge is 2.31. The minimum Gasteiger partial charge on any atom is -0.486 e. The minimum absolute atomic E-state index is 0.130. The Morgan fingerprint density at radius 1 is 1.03 bits per heavy atom. The Balaban J connectivity index is 1.34. The Hall–Kier alpha value is -2.00. The van der Waals surface area contributed by atoms with Crippen molar-refractivity contribution in [1.29, 1.82) is 0 Å². The second kappa shape index (κ2) is 9.24. The van der Waals surface area contributed by atoms with Crippen LogP contribution in [0.5, 0.6) is 11.5 Å². The van der Waals surface area contributed by atoms with Crippen LogP contribution in [0.2, 0.25) is 10.0 Å². The number of nitrogens with zero attached hydrogens (tertiary/aromatic N) is 1. The van der Waals surface area contributed by atoms with Gasteiger partial charge in [-0.1, -0.05) is 29.3 Å². The molecular weight excluding hydrogens is 463 g/mol. The number of benzene rings is 2. The van der Waals surface area contributed by atoms with Crippen LogP contribution >= 0.6 is 23.2 Å². The van der Waals surface area contributed by atoms with Gasteiger partial charge in [-0.3, -0.25) is 4.79 Å². The number of hydrogen-bond acceptors (Lipinski definition) is 5. The highest BCUT2D eigenvalue weighted by molar-refractivity contribution is 7.88. The van der Waals surface area contributed by atoms with Crippen molar-refractivity contribution >= 4 is 44.8 Å². The molecule has 1 saturated heterocycles. The van der Waals surface area contributed by atoms with E-state index >= 15 is 0 Å². The number of nitrogens with one attached hydrogen (secondary N) is 1. The van der Waals surface area contributed by atoms with Gasteiger partial charge in [0.15, 0.2) is 11.5 Å². The Morgan fingerprint density at radius 3 is 2.45 bits per heavy atom. The first-order chi connectivity index (χ1) is 14.8. The SMILES string of the molecule is O=C(Nc1ccc2c(c1)OCCO2)C1CCN(S(=O)(=O)Cc2ccc(Cl)cc2Cl)CC1. The van der Waals surface area contributed by atoms with E-state index in [1.54, 1.807) is 30.3 Å². The third-order valence-electron chi connectivity index (χ3n) is 5.38. The molecule has 1 amide bonds. The van der Waals surface area contributed by atoms with E-state index in [0.29, 0.717) is 58.9 Å². The third kappa shape index (κ3) is 5.26. The number of fused-ring (bicyclic) bond motifs is 1. The average molecular weight is 485 g/mol. The fourth-order valence-corrected chi connectivity index (χ4v) is 5.84. The van der Waals surface area contributed by atoms with Gasteiger partial charge in [0.05, 0.1) is 5.75 Å². The summed E-state index contributed by atoms with van der Waals surface area (Å²) >= 11 is 12.0. The summed E-state index contributed by atoms with van der Waals surface area (Å²) in [5.74, 6) is 0.666. The Kier molecular flexibility index (Phi) is 6.62. The topological polar surface area (TPSA) is 84.9 Å². The number of hydrogen-bond donors (Lipinski definition) is 1. The molecule has 0 atom stereocenters. The van der Waals surface area contributed by atoms with Crippen LogP contribution in [0.15, 0.2) is 36.4 Å². The fraction of sp³-hybridized carbons (Fsp3) is 0.381. The molecule has 2 heterocycles. The molecule has 4 rings (SSSR count). The largest absolute Gasteiger partial charge is 0.486 e. The highest BCUT2D eigenvalue weighted by atomic mass is 35.5. The first-order valence-electron chi connectivity index (χ1n) is 9.94. The highest BCUT2D eigenvalue weighted by Crippen LogP contribution is 2.33. The third-order valence-corrected chi connectivity index (χ3v) is 7.80. The summed E-state index contributed by atoms with van der Waals surface area (Å²) in [6, 6.07) is 10.0. The lowest BCUT2D eigenvalue weighted by molar-refractivity contribution is -0.120. The number of ether oxygens (including phenoxy) is 2. The molecule has 2 aromatic carbocycles. The van der Waals surface area contributed by atoms with Crippen molar-refractivity contribution in [1.82, 2.24) is 4.31 Å². The van der Waals surface area contributed by atoms with E-state index in [1.165, 1.54) is 10.4 Å². The van der Waals surface area contributed by atoms with Gasteiger partial charge in [0.2, 0.25) is 15.9 Å². The fourth-order valence-electron chi connectivity index (χ4n) is 3.69. The Bertz CT molecular complexity index is 1090. The second-order valence-corrected chi connectivity index (χ2v) is 10.3. The van der Waals surface area contributed by atoms with Crippen LogP contribution in [-0.4, -0.2) is 44.9 Å². The maximum atomic E-state index is 12.8. The maximum Gasteiger partial charge on any atom is 0.227 e. The Morgan fingerprint density at radius 2 is 1.74 bits per heavy atom. The van der Waals surface area contributed by atoms with E-state index in [0.717, 1.165) is 0 Å². The molecular formula is C21H22Cl2N2O5S. The monoisotopic (exact) mass is 484 g/mol. The summed E-state index contributed by atoms with van der Waals surface area (Å²) in [5.41, 5.74) is 1.13. The second-order valence-electron chi connectivity index (χ2n) is 7.51. The van der Waals surface area contributed by atoms with Crippen molar-refractivity contribution in [2.24, 2.45) is 5.92 Å². The summed E-state index contributed by atoms with van der Waals surface area (Å²) in [6.07, 6.45) is 0.897. The molecule has 0 spiro atoms. The standard InChI is InChI=1S/C21H22Cl2N2O5S/c22-16-2-1-15(18(23)11-16)13-31(27,28)25-7-5-14(6-8-25)21(26)24-17-3-4-19-20(12-17)30-10-9-29-19/h1-4,11-12,14H,5-10,13H2,(H,24,26). The molecule has 0 unspecified atom stereocenters. The van der Waals surface area contributed by atoms with Crippen molar-refractivity contribution < 1.29 is 22.7 Å². The van der Waals surface area contributed by atoms with Gasteiger partial charge in [0.1, 0.15) is 13.2 Å². The molecule has 31 heavy (non-hydrogen) atoms. The summed E-state index contributed by atoms with van der Waals surface area (Å²) < 4.78 is 38.1. The number of halogens is 2. The van der Waals surface area contributed by atoms with Crippen LogP contribution in [0.4, 0.5) is 5.69 Å². The zero-order valence-corrected chi connectivity index (χ0v) is 19.0. The van der Waals surface area contributed by atoms with Gasteiger partial charge in [-0.2, -0.15) is 0 Å². The van der Waals surface area contributed by atoms with Crippen molar-refractivity contribution in [3.05, 3.63) is 52.0 Å². The molecule has 0 radical (unpaired) electrons. The molecule has 0 aliphatic carbocycles. The van der Waals surface area contributed by atoms with Crippen LogP contribution < -0.4 is 14.8 Å². The predicted molar refractivity (Wildman–Crippen MR) is 119 cm³/mol. The van der Waals surface area contributed by atoms with E-state index in [1.807, 2.05) is 0 Å². The van der Waals surface area contributed by atoms with Gasteiger partial charge in [0.25, 0.3) is 0 Å². The molecule has 7 nitrogen and oxygen atoms in total. The van der Waals surface area contributed by atoms with Crippen LogP contribution in [0, 0.1) is 5.92 Å². The first-order valence-corrected chi connectivity index (χ1v) is 12.3. The first kappa shape index (κ1) is 22.2. The lowest BCUT2D eigenvalue weighted by Gasteiger charge is -2.30. The van der Waals surface area contributed by atoms with Gasteiger partial charge < -0.3 is 14.8 Å². The number of amides is 1. The zero-order chi connectivity index (χ0) is 22.0. The maximum absolute atomic E-state index is 12.8. The average Bonchev–Trinajstić information content (AvgIpc) is 2.76. The van der Waals surface area contributed by atoms with Crippen molar-refractivity contribution in [2.45, 2.75) is 18.6 Å². The summed E-state index contributed by atoms with van der Waals surface area (Å²) in [4.78, 5) is 12.7. The van der Waals surface area contributed by atoms with Gasteiger partial charge in [-0.15, -0.1) is 0 Å². The minimum atomic E-state index is -3.55. The van der Waals surface area contributed by atoms with Crippen LogP contribution in [-0.2, 0) is 20.6 Å². The molecule has 0 aromatic heterocycles. The number of carbonyl (C=O) groups is 1. The molecule has 0 bridgehead atoms. The van der Waals surface area contributed by atoms with Crippen molar-refractivity contribution in [3.8, 4) is 11.5 Å². The van der Waals surface area contributed by atoms with Crippen LogP contribution in [0.3, 0.4) is 0 Å². The molecule has 2 aliphatic heterocycles. The lowest BCUT2D eigenvalue weighted by atomic mass is 9.97. The van der Waals surface area contributed by atoms with Gasteiger partial charge in [-0.05, 0) is 42.7 Å². The van der Waals surface area contributed by atoms with Gasteiger partial charge in [-0.25, -0.2) is 12.7 Å². The van der Waals surface area contributed by atoms with E-state index in [2.05, 4.69) is 5.32 Å². The smallest absolute Gasteiger partial charge is 0.227 e. The summed E-state index contributed by atoms with van der Waals surface area (Å²) in [5, 5.41) is 3.67. The van der Waals surface area contributed by atoms with Crippen molar-refractivity contribution in [2.75, 3.05) is 31.6 Å². The van der Waals surface area contributed by atoms with E-state index < -0.39 is 10.0 Å². The van der Waals surface area contributed by atoms with Crippen LogP contribution in [0.1, 0.15) is 18.4 Å². The quantitative estimate of drug-likeness (QED) is 0.694. The molecule has 2 aliphatic rings. The predicted octanol–water partition coefficient (Wildman–Crippen LogP) is 3.95. The number of piperidine rings is 1. The summed E-state index contributed by atoms with van der Waals surface area (Å²) in [7, 11) is -3.55. The lowest BCUT2D eigenvalue weighted by Crippen LogP contribution is -2.41. The van der Waals surface area contributed by atoms with E-state index in [9.17, 15) is 13.2 Å². The van der Waals surface area contributed by atoms with Crippen LogP contribution in [0.25, 0.3) is 0 Å². The number of anilines is 1. The normalized spacial score (nSPS) is 17.4.